The van der Waals surface area contributed by atoms with Crippen LogP contribution in [-0.4, -0.2) is 46.1 Å². The van der Waals surface area contributed by atoms with Crippen molar-refractivity contribution in [3.8, 4) is 17.0 Å². The summed E-state index contributed by atoms with van der Waals surface area (Å²) in [6.45, 7) is 1.92. The highest BCUT2D eigenvalue weighted by atomic mass is 32.1. The molecule has 0 saturated carbocycles. The number of carbonyl (C=O) groups excluding carboxylic acids is 1. The molecule has 0 radical (unpaired) electrons. The Labute approximate surface area is 183 Å². The zero-order valence-electron chi connectivity index (χ0n) is 17.5. The Hall–Kier alpha value is -3.52. The molecule has 2 aromatic carbocycles. The molecule has 0 fully saturated rings. The summed E-state index contributed by atoms with van der Waals surface area (Å²) in [7, 11) is 3.39. The minimum Gasteiger partial charge on any atom is -0.484 e. The average molecular weight is 435 g/mol. The lowest BCUT2D eigenvalue weighted by molar-refractivity contribution is -0.130. The summed E-state index contributed by atoms with van der Waals surface area (Å²) in [5.41, 5.74) is 3.79. The van der Waals surface area contributed by atoms with Crippen molar-refractivity contribution in [2.45, 2.75) is 13.3 Å². The number of benzene rings is 2. The van der Waals surface area contributed by atoms with Crippen LogP contribution in [0.5, 0.6) is 5.75 Å². The first-order valence-corrected chi connectivity index (χ1v) is 10.7. The van der Waals surface area contributed by atoms with E-state index in [1.807, 2.05) is 60.8 Å². The van der Waals surface area contributed by atoms with Gasteiger partial charge in [-0.2, -0.15) is 10.1 Å². The van der Waals surface area contributed by atoms with Gasteiger partial charge >= 0.3 is 0 Å². The summed E-state index contributed by atoms with van der Waals surface area (Å²) >= 11 is 1.37. The second-order valence-corrected chi connectivity index (χ2v) is 8.24. The molecule has 0 unspecified atom stereocenters. The highest BCUT2D eigenvalue weighted by Crippen LogP contribution is 2.28. The zero-order valence-corrected chi connectivity index (χ0v) is 18.3. The quantitative estimate of drug-likeness (QED) is 0.466. The van der Waals surface area contributed by atoms with Gasteiger partial charge in [0.1, 0.15) is 11.4 Å². The van der Waals surface area contributed by atoms with Gasteiger partial charge in [-0.3, -0.25) is 9.59 Å². The smallest absolute Gasteiger partial charge is 0.296 e. The fraction of sp³-hybridized carbons (Fsp3) is 0.217. The first-order chi connectivity index (χ1) is 14.9. The molecule has 2 heterocycles. The molecule has 2 aromatic heterocycles. The molecule has 0 N–H and O–H groups in total. The number of carbonyl (C=O) groups is 1. The number of fused-ring (bicyclic) bond motifs is 1. The number of hydrogen-bond donors (Lipinski definition) is 0. The van der Waals surface area contributed by atoms with Gasteiger partial charge in [-0.15, -0.1) is 11.3 Å². The summed E-state index contributed by atoms with van der Waals surface area (Å²) in [4.78, 5) is 30.5. The van der Waals surface area contributed by atoms with Crippen LogP contribution in [0.15, 0.2) is 58.7 Å². The summed E-state index contributed by atoms with van der Waals surface area (Å²) in [5, 5.41) is 6.54. The second kappa shape index (κ2) is 8.69. The van der Waals surface area contributed by atoms with Gasteiger partial charge in [0.2, 0.25) is 4.96 Å². The predicted molar refractivity (Wildman–Crippen MR) is 121 cm³/mol. The van der Waals surface area contributed by atoms with Gasteiger partial charge in [-0.05, 0) is 36.2 Å². The first-order valence-electron chi connectivity index (χ1n) is 9.77. The number of aryl methyl sites for hydroxylation is 1. The molecular weight excluding hydrogens is 412 g/mol. The molecule has 0 atom stereocenters. The van der Waals surface area contributed by atoms with Crippen molar-refractivity contribution < 1.29 is 9.53 Å². The Bertz CT molecular complexity index is 1300. The van der Waals surface area contributed by atoms with E-state index in [4.69, 9.17) is 4.74 Å². The molecule has 7 nitrogen and oxygen atoms in total. The van der Waals surface area contributed by atoms with Crippen molar-refractivity contribution in [1.29, 1.82) is 0 Å². The fourth-order valence-corrected chi connectivity index (χ4v) is 3.95. The lowest BCUT2D eigenvalue weighted by Crippen LogP contribution is -2.27. The maximum Gasteiger partial charge on any atom is 0.296 e. The Kier molecular flexibility index (Phi) is 5.81. The third-order valence-corrected chi connectivity index (χ3v) is 5.70. The first kappa shape index (κ1) is 20.7. The van der Waals surface area contributed by atoms with Crippen molar-refractivity contribution >= 4 is 22.2 Å². The second-order valence-electron chi connectivity index (χ2n) is 7.40. The molecule has 0 bridgehead atoms. The van der Waals surface area contributed by atoms with Crippen LogP contribution in [0.3, 0.4) is 0 Å². The van der Waals surface area contributed by atoms with E-state index in [9.17, 15) is 9.59 Å². The molecule has 158 valence electrons. The number of hydrogen-bond acceptors (Lipinski definition) is 6. The maximum atomic E-state index is 12.4. The van der Waals surface area contributed by atoms with E-state index in [2.05, 4.69) is 10.1 Å². The molecule has 0 aliphatic carbocycles. The molecule has 4 rings (SSSR count). The fourth-order valence-electron chi connectivity index (χ4n) is 3.13. The van der Waals surface area contributed by atoms with Crippen molar-refractivity contribution in [1.82, 2.24) is 19.5 Å². The molecule has 8 heteroatoms. The van der Waals surface area contributed by atoms with E-state index >= 15 is 0 Å². The zero-order chi connectivity index (χ0) is 22.0. The van der Waals surface area contributed by atoms with Gasteiger partial charge in [0, 0.05) is 31.5 Å². The maximum absolute atomic E-state index is 12.4. The van der Waals surface area contributed by atoms with E-state index in [-0.39, 0.29) is 18.1 Å². The number of amides is 1. The van der Waals surface area contributed by atoms with Crippen LogP contribution in [0.25, 0.3) is 16.2 Å². The van der Waals surface area contributed by atoms with Crippen LogP contribution in [-0.2, 0) is 11.2 Å². The average Bonchev–Trinajstić information content (AvgIpc) is 3.16. The van der Waals surface area contributed by atoms with Crippen LogP contribution < -0.4 is 10.3 Å². The minimum atomic E-state index is -0.303. The van der Waals surface area contributed by atoms with E-state index in [0.717, 1.165) is 22.4 Å². The summed E-state index contributed by atoms with van der Waals surface area (Å²) in [5.74, 6) is 0.554. The van der Waals surface area contributed by atoms with Crippen LogP contribution in [0.2, 0.25) is 0 Å². The number of thiazole rings is 1. The number of nitrogens with zero attached hydrogens (tertiary/aromatic N) is 4. The molecule has 4 aromatic rings. The van der Waals surface area contributed by atoms with Crippen LogP contribution >= 0.6 is 11.3 Å². The van der Waals surface area contributed by atoms with E-state index in [0.29, 0.717) is 22.8 Å². The number of rotatable bonds is 6. The highest BCUT2D eigenvalue weighted by Gasteiger charge is 2.14. The molecule has 1 amide bonds. The van der Waals surface area contributed by atoms with Gasteiger partial charge in [0.15, 0.2) is 6.61 Å². The van der Waals surface area contributed by atoms with E-state index in [1.165, 1.54) is 16.2 Å². The third kappa shape index (κ3) is 4.49. The topological polar surface area (TPSA) is 76.8 Å². The van der Waals surface area contributed by atoms with Crippen LogP contribution in [0.4, 0.5) is 0 Å². The normalized spacial score (nSPS) is 10.9. The van der Waals surface area contributed by atoms with Gasteiger partial charge in [-0.25, -0.2) is 4.52 Å². The molecule has 31 heavy (non-hydrogen) atoms. The molecule has 0 saturated heterocycles. The van der Waals surface area contributed by atoms with Crippen molar-refractivity contribution in [2.75, 3.05) is 20.7 Å². The summed E-state index contributed by atoms with van der Waals surface area (Å²) in [6.07, 6.45) is 0.427. The standard InChI is InChI=1S/C23H22N4O3S/c1-15-11-17(9-10-20(15)30-13-21(28)26(2)3)19-14-31-23-24-22(29)18(25-27(19)23)12-16-7-5-4-6-8-16/h4-11,14H,12-13H2,1-3H3. The molecule has 0 aliphatic rings. The van der Waals surface area contributed by atoms with Crippen molar-refractivity contribution in [2.24, 2.45) is 0 Å². The Morgan fingerprint density at radius 2 is 1.94 bits per heavy atom. The monoisotopic (exact) mass is 434 g/mol. The van der Waals surface area contributed by atoms with E-state index < -0.39 is 0 Å². The predicted octanol–water partition coefficient (Wildman–Crippen LogP) is 3.18. The molecular formula is C23H22N4O3S. The Morgan fingerprint density at radius 3 is 2.65 bits per heavy atom. The van der Waals surface area contributed by atoms with Crippen molar-refractivity contribution in [3.05, 3.63) is 81.1 Å². The van der Waals surface area contributed by atoms with Gasteiger partial charge < -0.3 is 9.64 Å². The number of aromatic nitrogens is 3. The van der Waals surface area contributed by atoms with Crippen molar-refractivity contribution in [3.63, 3.8) is 0 Å². The van der Waals surface area contributed by atoms with Gasteiger partial charge in [-0.1, -0.05) is 30.3 Å². The Balaban J connectivity index is 1.65. The SMILES string of the molecule is Cc1cc(-c2csc3nc(=O)c(Cc4ccccc4)nn23)ccc1OCC(=O)N(C)C. The van der Waals surface area contributed by atoms with Crippen LogP contribution in [0.1, 0.15) is 16.8 Å². The van der Waals surface area contributed by atoms with Gasteiger partial charge in [0.05, 0.1) is 5.69 Å². The Morgan fingerprint density at radius 1 is 1.16 bits per heavy atom. The number of likely N-dealkylation sites (N-methyl/N-ethyl adjacent to an activating group) is 1. The molecule has 0 spiro atoms. The van der Waals surface area contributed by atoms with Gasteiger partial charge in [0.25, 0.3) is 11.5 Å². The highest BCUT2D eigenvalue weighted by molar-refractivity contribution is 7.15. The van der Waals surface area contributed by atoms with Crippen LogP contribution in [0, 0.1) is 6.92 Å². The lowest BCUT2D eigenvalue weighted by Gasteiger charge is -2.13. The summed E-state index contributed by atoms with van der Waals surface area (Å²) in [6, 6.07) is 15.5. The molecule has 0 aliphatic heterocycles. The lowest BCUT2D eigenvalue weighted by atomic mass is 10.1. The third-order valence-electron chi connectivity index (χ3n) is 4.89. The largest absolute Gasteiger partial charge is 0.484 e. The minimum absolute atomic E-state index is 0.0100. The number of ether oxygens (including phenoxy) is 1. The van der Waals surface area contributed by atoms with E-state index in [1.54, 1.807) is 18.6 Å². The summed E-state index contributed by atoms with van der Waals surface area (Å²) < 4.78 is 7.37.